The van der Waals surface area contributed by atoms with Crippen LogP contribution in [0.2, 0.25) is 0 Å². The van der Waals surface area contributed by atoms with Crippen LogP contribution in [0.25, 0.3) is 10.1 Å². The minimum absolute atomic E-state index is 0.107. The molecular formula is C15H18N2O2S. The van der Waals surface area contributed by atoms with Crippen molar-refractivity contribution in [3.8, 4) is 5.75 Å². The number of likely N-dealkylation sites (tertiary alicyclic amines) is 1. The highest BCUT2D eigenvalue weighted by atomic mass is 32.1. The number of rotatable bonds is 2. The Kier molecular flexibility index (Phi) is 3.40. The van der Waals surface area contributed by atoms with E-state index in [-0.39, 0.29) is 11.9 Å². The van der Waals surface area contributed by atoms with Crippen molar-refractivity contribution in [2.45, 2.75) is 19.4 Å². The molecular weight excluding hydrogens is 272 g/mol. The van der Waals surface area contributed by atoms with Crippen LogP contribution >= 0.6 is 11.3 Å². The fourth-order valence-corrected chi connectivity index (χ4v) is 3.80. The molecule has 0 unspecified atom stereocenters. The van der Waals surface area contributed by atoms with Crippen LogP contribution in [0, 0.1) is 6.92 Å². The van der Waals surface area contributed by atoms with E-state index in [1.165, 1.54) is 0 Å². The highest BCUT2D eigenvalue weighted by Gasteiger charge is 2.27. The average molecular weight is 290 g/mol. The number of hydrogen-bond donors (Lipinski definition) is 1. The van der Waals surface area contributed by atoms with E-state index in [0.29, 0.717) is 6.54 Å². The molecule has 20 heavy (non-hydrogen) atoms. The molecule has 1 aliphatic heterocycles. The van der Waals surface area contributed by atoms with Crippen LogP contribution in [0.1, 0.15) is 21.7 Å². The number of benzene rings is 1. The highest BCUT2D eigenvalue weighted by molar-refractivity contribution is 7.21. The summed E-state index contributed by atoms with van der Waals surface area (Å²) in [6.07, 6.45) is 0.892. The number of hydrogen-bond acceptors (Lipinski definition) is 4. The second kappa shape index (κ2) is 5.07. The first-order valence-electron chi connectivity index (χ1n) is 6.72. The summed E-state index contributed by atoms with van der Waals surface area (Å²) in [6, 6.07) is 6.05. The Morgan fingerprint density at radius 2 is 2.30 bits per heavy atom. The maximum absolute atomic E-state index is 12.6. The molecule has 5 heteroatoms. The molecule has 2 aromatic rings. The fourth-order valence-electron chi connectivity index (χ4n) is 2.65. The van der Waals surface area contributed by atoms with Gasteiger partial charge in [-0.1, -0.05) is 0 Å². The topological polar surface area (TPSA) is 55.6 Å². The predicted molar refractivity (Wildman–Crippen MR) is 81.6 cm³/mol. The molecule has 0 saturated carbocycles. The van der Waals surface area contributed by atoms with E-state index in [0.717, 1.165) is 39.2 Å². The van der Waals surface area contributed by atoms with Crippen molar-refractivity contribution in [3.05, 3.63) is 28.6 Å². The number of carbonyl (C=O) groups excluding carboxylic acids is 1. The van der Waals surface area contributed by atoms with Crippen LogP contribution in [0.3, 0.4) is 0 Å². The van der Waals surface area contributed by atoms with E-state index < -0.39 is 0 Å². The SMILES string of the molecule is COc1ccc2sc(C(=O)N3CC[C@@H](N)C3)c(C)c2c1. The van der Waals surface area contributed by atoms with Crippen LogP contribution < -0.4 is 10.5 Å². The molecule has 1 aromatic carbocycles. The smallest absolute Gasteiger partial charge is 0.264 e. The maximum atomic E-state index is 12.6. The van der Waals surface area contributed by atoms with Gasteiger partial charge in [-0.15, -0.1) is 11.3 Å². The Balaban J connectivity index is 1.99. The lowest BCUT2D eigenvalue weighted by molar-refractivity contribution is 0.0795. The van der Waals surface area contributed by atoms with Gasteiger partial charge in [0, 0.05) is 23.8 Å². The van der Waals surface area contributed by atoms with Crippen molar-refractivity contribution in [1.29, 1.82) is 0 Å². The van der Waals surface area contributed by atoms with Crippen molar-refractivity contribution >= 4 is 27.3 Å². The summed E-state index contributed by atoms with van der Waals surface area (Å²) < 4.78 is 6.37. The van der Waals surface area contributed by atoms with E-state index in [2.05, 4.69) is 0 Å². The number of nitrogens with zero attached hydrogens (tertiary/aromatic N) is 1. The van der Waals surface area contributed by atoms with Gasteiger partial charge in [-0.25, -0.2) is 0 Å². The Morgan fingerprint density at radius 1 is 1.50 bits per heavy atom. The summed E-state index contributed by atoms with van der Waals surface area (Å²) in [5.41, 5.74) is 6.92. The molecule has 0 radical (unpaired) electrons. The molecule has 3 rings (SSSR count). The minimum atomic E-state index is 0.107. The van der Waals surface area contributed by atoms with E-state index in [1.54, 1.807) is 18.4 Å². The molecule has 0 aliphatic carbocycles. The third-order valence-corrected chi connectivity index (χ3v) is 5.11. The van der Waals surface area contributed by atoms with Gasteiger partial charge in [0.05, 0.1) is 12.0 Å². The first-order chi connectivity index (χ1) is 9.60. The van der Waals surface area contributed by atoms with Gasteiger partial charge in [0.25, 0.3) is 5.91 Å². The second-order valence-electron chi connectivity index (χ2n) is 5.22. The lowest BCUT2D eigenvalue weighted by atomic mass is 10.1. The summed E-state index contributed by atoms with van der Waals surface area (Å²) in [5.74, 6) is 0.927. The van der Waals surface area contributed by atoms with Crippen molar-refractivity contribution < 1.29 is 9.53 Å². The molecule has 1 saturated heterocycles. The van der Waals surface area contributed by atoms with Gasteiger partial charge in [0.2, 0.25) is 0 Å². The number of amides is 1. The van der Waals surface area contributed by atoms with Gasteiger partial charge in [0.15, 0.2) is 0 Å². The second-order valence-corrected chi connectivity index (χ2v) is 6.27. The Labute approximate surface area is 122 Å². The number of fused-ring (bicyclic) bond motifs is 1. The molecule has 1 aliphatic rings. The van der Waals surface area contributed by atoms with Crippen LogP contribution in [-0.4, -0.2) is 37.0 Å². The zero-order chi connectivity index (χ0) is 14.3. The number of nitrogens with two attached hydrogens (primary N) is 1. The molecule has 106 valence electrons. The van der Waals surface area contributed by atoms with Gasteiger partial charge in [-0.3, -0.25) is 4.79 Å². The molecule has 0 spiro atoms. The minimum Gasteiger partial charge on any atom is -0.497 e. The zero-order valence-corrected chi connectivity index (χ0v) is 12.5. The van der Waals surface area contributed by atoms with E-state index in [4.69, 9.17) is 10.5 Å². The zero-order valence-electron chi connectivity index (χ0n) is 11.7. The number of thiophene rings is 1. The number of carbonyl (C=O) groups is 1. The predicted octanol–water partition coefficient (Wildman–Crippen LogP) is 2.39. The van der Waals surface area contributed by atoms with Gasteiger partial charge < -0.3 is 15.4 Å². The van der Waals surface area contributed by atoms with Crippen LogP contribution in [0.5, 0.6) is 5.75 Å². The monoisotopic (exact) mass is 290 g/mol. The fraction of sp³-hybridized carbons (Fsp3) is 0.400. The molecule has 0 bridgehead atoms. The Hall–Kier alpha value is -1.59. The van der Waals surface area contributed by atoms with Crippen molar-refractivity contribution in [1.82, 2.24) is 4.90 Å². The Bertz CT molecular complexity index is 665. The summed E-state index contributed by atoms with van der Waals surface area (Å²) in [5, 5.41) is 1.10. The highest BCUT2D eigenvalue weighted by Crippen LogP contribution is 2.34. The molecule has 2 heterocycles. The van der Waals surface area contributed by atoms with Gasteiger partial charge in [-0.05, 0) is 42.5 Å². The average Bonchev–Trinajstić information content (AvgIpc) is 3.02. The van der Waals surface area contributed by atoms with Crippen molar-refractivity contribution in [2.24, 2.45) is 5.73 Å². The van der Waals surface area contributed by atoms with E-state index >= 15 is 0 Å². The van der Waals surface area contributed by atoms with Crippen LogP contribution in [0.4, 0.5) is 0 Å². The summed E-state index contributed by atoms with van der Waals surface area (Å²) in [7, 11) is 1.65. The van der Waals surface area contributed by atoms with Gasteiger partial charge in [0.1, 0.15) is 5.75 Å². The number of ether oxygens (including phenoxy) is 1. The number of aryl methyl sites for hydroxylation is 1. The Morgan fingerprint density at radius 3 is 2.95 bits per heavy atom. The maximum Gasteiger partial charge on any atom is 0.264 e. The largest absolute Gasteiger partial charge is 0.497 e. The van der Waals surface area contributed by atoms with Crippen molar-refractivity contribution in [3.63, 3.8) is 0 Å². The van der Waals surface area contributed by atoms with Crippen LogP contribution in [0.15, 0.2) is 18.2 Å². The van der Waals surface area contributed by atoms with E-state index in [9.17, 15) is 4.79 Å². The van der Waals surface area contributed by atoms with Gasteiger partial charge >= 0.3 is 0 Å². The standard InChI is InChI=1S/C15H18N2O2S/c1-9-12-7-11(19-2)3-4-13(12)20-14(9)15(18)17-6-5-10(16)8-17/h3-4,7,10H,5-6,8,16H2,1-2H3/t10-/m1/s1. The first kappa shape index (κ1) is 13.4. The molecule has 1 atom stereocenters. The third kappa shape index (κ3) is 2.17. The molecule has 2 N–H and O–H groups in total. The van der Waals surface area contributed by atoms with Crippen LogP contribution in [-0.2, 0) is 0 Å². The lowest BCUT2D eigenvalue weighted by Crippen LogP contribution is -2.31. The quantitative estimate of drug-likeness (QED) is 0.924. The first-order valence-corrected chi connectivity index (χ1v) is 7.54. The lowest BCUT2D eigenvalue weighted by Gasteiger charge is -2.15. The summed E-state index contributed by atoms with van der Waals surface area (Å²) in [4.78, 5) is 15.3. The van der Waals surface area contributed by atoms with Gasteiger partial charge in [-0.2, -0.15) is 0 Å². The van der Waals surface area contributed by atoms with E-state index in [1.807, 2.05) is 30.0 Å². The molecule has 1 aromatic heterocycles. The molecule has 1 amide bonds. The number of methoxy groups -OCH3 is 1. The molecule has 4 nitrogen and oxygen atoms in total. The third-order valence-electron chi connectivity index (χ3n) is 3.85. The molecule has 1 fully saturated rings. The van der Waals surface area contributed by atoms with Crippen molar-refractivity contribution in [2.75, 3.05) is 20.2 Å². The summed E-state index contributed by atoms with van der Waals surface area (Å²) >= 11 is 1.55. The normalized spacial score (nSPS) is 18.8. The summed E-state index contributed by atoms with van der Waals surface area (Å²) in [6.45, 7) is 3.42.